The molecule has 3 saturated carbocycles. The molecule has 0 saturated heterocycles. The Bertz CT molecular complexity index is 1580. The molecule has 0 spiro atoms. The number of hydrogen-bond acceptors (Lipinski definition) is 9. The Kier molecular flexibility index (Phi) is 9.07. The zero-order chi connectivity index (χ0) is 34.6. The molecule has 9 atom stereocenters. The summed E-state index contributed by atoms with van der Waals surface area (Å²) in [6, 6.07) is 2.78. The number of aliphatic hydroxyl groups excluding tert-OH is 1. The number of hydrogen-bond donors (Lipinski definition) is 1. The van der Waals surface area contributed by atoms with Crippen molar-refractivity contribution in [3.05, 3.63) is 48.0 Å². The summed E-state index contributed by atoms with van der Waals surface area (Å²) >= 11 is 0.638. The van der Waals surface area contributed by atoms with Crippen LogP contribution in [0.25, 0.3) is 0 Å². The third kappa shape index (κ3) is 5.63. The number of carbonyl (C=O) groups excluding carboxylic acids is 4. The molecule has 254 valence electrons. The lowest BCUT2D eigenvalue weighted by atomic mass is 9.44. The van der Waals surface area contributed by atoms with Gasteiger partial charge >= 0.3 is 18.1 Å². The normalized spacial score (nSPS) is 37.4. The van der Waals surface area contributed by atoms with Crippen molar-refractivity contribution in [3.63, 3.8) is 0 Å². The van der Waals surface area contributed by atoms with E-state index in [1.807, 2.05) is 0 Å². The SMILES string of the molecule is C[C@@H]1C[C@H]2[C@@H]3C[C@H](F)C4=CC(=O)C=C[C@]4(C)[C@@]3(F)[C@@H](O)C[C@]2(C)[C@@]1(OC(=O)c1ccco1)C(=O)SCC#CCOC(=O)CC(F)(F)F. The van der Waals surface area contributed by atoms with Crippen LogP contribution in [0.1, 0.15) is 57.0 Å². The minimum Gasteiger partial charge on any atom is -0.457 e. The fraction of sp³-hybridized carbons (Fsp3) is 0.576. The number of alkyl halides is 5. The summed E-state index contributed by atoms with van der Waals surface area (Å²) in [4.78, 5) is 51.0. The van der Waals surface area contributed by atoms with Gasteiger partial charge in [-0.1, -0.05) is 43.5 Å². The van der Waals surface area contributed by atoms with E-state index in [9.17, 15) is 37.5 Å². The van der Waals surface area contributed by atoms with Crippen molar-refractivity contribution in [2.24, 2.45) is 28.6 Å². The van der Waals surface area contributed by atoms with Crippen molar-refractivity contribution in [2.45, 2.75) is 76.2 Å². The smallest absolute Gasteiger partial charge is 0.399 e. The lowest BCUT2D eigenvalue weighted by Gasteiger charge is -2.63. The van der Waals surface area contributed by atoms with E-state index >= 15 is 8.78 Å². The quantitative estimate of drug-likeness (QED) is 0.235. The second-order valence-electron chi connectivity index (χ2n) is 13.0. The number of carbonyl (C=O) groups is 4. The summed E-state index contributed by atoms with van der Waals surface area (Å²) < 4.78 is 86.2. The average Bonchev–Trinajstić information content (AvgIpc) is 3.59. The van der Waals surface area contributed by atoms with Gasteiger partial charge in [-0.15, -0.1) is 0 Å². The molecule has 3 fully saturated rings. The molecule has 1 aromatic heterocycles. The number of halogens is 5. The van der Waals surface area contributed by atoms with Gasteiger partial charge in [-0.2, -0.15) is 13.2 Å². The predicted molar refractivity (Wildman–Crippen MR) is 157 cm³/mol. The summed E-state index contributed by atoms with van der Waals surface area (Å²) in [6.07, 6.45) is -5.80. The molecule has 14 heteroatoms. The van der Waals surface area contributed by atoms with Gasteiger partial charge in [0.2, 0.25) is 10.9 Å². The molecular formula is C33H33F5O8S. The Hall–Kier alpha value is -3.44. The van der Waals surface area contributed by atoms with Crippen LogP contribution in [0.2, 0.25) is 0 Å². The fourth-order valence-corrected chi connectivity index (χ4v) is 9.45. The average molecular weight is 685 g/mol. The molecule has 47 heavy (non-hydrogen) atoms. The second kappa shape index (κ2) is 12.2. The number of furan rings is 1. The summed E-state index contributed by atoms with van der Waals surface area (Å²) in [6.45, 7) is 4.07. The lowest BCUT2D eigenvalue weighted by molar-refractivity contribution is -0.221. The molecule has 0 radical (unpaired) electrons. The monoisotopic (exact) mass is 684 g/mol. The molecule has 0 aliphatic heterocycles. The van der Waals surface area contributed by atoms with Crippen molar-refractivity contribution in [3.8, 4) is 11.8 Å². The number of aliphatic hydroxyl groups is 1. The van der Waals surface area contributed by atoms with Gasteiger partial charge in [0, 0.05) is 22.7 Å². The number of rotatable bonds is 6. The van der Waals surface area contributed by atoms with Crippen molar-refractivity contribution >= 4 is 34.6 Å². The first-order valence-electron chi connectivity index (χ1n) is 15.0. The molecule has 1 N–H and O–H groups in total. The molecule has 5 rings (SSSR count). The molecule has 4 aliphatic rings. The minimum atomic E-state index is -4.74. The largest absolute Gasteiger partial charge is 0.457 e. The van der Waals surface area contributed by atoms with E-state index in [0.29, 0.717) is 11.8 Å². The van der Waals surface area contributed by atoms with Gasteiger partial charge in [0.15, 0.2) is 23.7 Å². The molecule has 1 heterocycles. The molecule has 0 amide bonds. The maximum Gasteiger partial charge on any atom is 0.399 e. The standard InChI is InChI=1S/C33H33F5O8S/c1-18-13-20-21-15-23(34)22-14-19(39)8-9-29(22,2)32(21,38)25(40)16-30(20,3)33(18,46-27(42)24-7-6-11-44-24)28(43)47-12-5-4-10-45-26(41)17-31(35,36)37/h6-9,11,14,18,20-21,23,25,40H,10,12-13,15-17H2,1-3H3/t18-,20+,21+,23+,25+,29+,30+,32+,33+/m1/s1. The van der Waals surface area contributed by atoms with E-state index in [-0.39, 0.29) is 36.3 Å². The highest BCUT2D eigenvalue weighted by atomic mass is 32.2. The van der Waals surface area contributed by atoms with Crippen molar-refractivity contribution in [1.29, 1.82) is 0 Å². The maximum absolute atomic E-state index is 17.6. The molecule has 1 aromatic rings. The Morgan fingerprint density at radius 3 is 2.55 bits per heavy atom. The lowest BCUT2D eigenvalue weighted by Crippen LogP contribution is -2.70. The number of ketones is 1. The minimum absolute atomic E-state index is 0.0535. The summed E-state index contributed by atoms with van der Waals surface area (Å²) in [7, 11) is 0. The maximum atomic E-state index is 17.6. The number of thioether (sulfide) groups is 1. The van der Waals surface area contributed by atoms with Gasteiger partial charge in [0.05, 0.1) is 18.1 Å². The van der Waals surface area contributed by atoms with Gasteiger partial charge < -0.3 is 19.0 Å². The molecule has 4 aliphatic carbocycles. The van der Waals surface area contributed by atoms with Crippen LogP contribution in [0.15, 0.2) is 46.6 Å². The van der Waals surface area contributed by atoms with E-state index in [1.54, 1.807) is 13.8 Å². The van der Waals surface area contributed by atoms with Gasteiger partial charge in [-0.3, -0.25) is 14.4 Å². The molecule has 0 unspecified atom stereocenters. The Balaban J connectivity index is 1.46. The zero-order valence-corrected chi connectivity index (χ0v) is 26.5. The van der Waals surface area contributed by atoms with Crippen LogP contribution in [0, 0.1) is 40.4 Å². The highest BCUT2D eigenvalue weighted by Crippen LogP contribution is 2.72. The van der Waals surface area contributed by atoms with E-state index in [0.717, 1.165) is 12.2 Å². The predicted octanol–water partition coefficient (Wildman–Crippen LogP) is 5.50. The van der Waals surface area contributed by atoms with E-state index < -0.39 is 94.2 Å². The topological polar surface area (TPSA) is 120 Å². The Morgan fingerprint density at radius 2 is 1.89 bits per heavy atom. The molecule has 8 nitrogen and oxygen atoms in total. The molecule has 0 bridgehead atoms. The Morgan fingerprint density at radius 1 is 1.17 bits per heavy atom. The van der Waals surface area contributed by atoms with Crippen LogP contribution in [-0.4, -0.2) is 70.0 Å². The second-order valence-corrected chi connectivity index (χ2v) is 13.9. The van der Waals surface area contributed by atoms with Crippen LogP contribution in [0.5, 0.6) is 0 Å². The van der Waals surface area contributed by atoms with Crippen molar-refractivity contribution in [2.75, 3.05) is 12.4 Å². The van der Waals surface area contributed by atoms with E-state index in [1.165, 1.54) is 31.4 Å². The first-order chi connectivity index (χ1) is 21.9. The first kappa shape index (κ1) is 34.9. The third-order valence-corrected chi connectivity index (χ3v) is 11.4. The van der Waals surface area contributed by atoms with Gasteiger partial charge in [-0.05, 0) is 62.0 Å². The van der Waals surface area contributed by atoms with Gasteiger partial charge in [0.25, 0.3) is 0 Å². The van der Waals surface area contributed by atoms with Gasteiger partial charge in [-0.25, -0.2) is 13.6 Å². The van der Waals surface area contributed by atoms with E-state index in [2.05, 4.69) is 16.6 Å². The van der Waals surface area contributed by atoms with Crippen LogP contribution >= 0.6 is 11.8 Å². The van der Waals surface area contributed by atoms with E-state index in [4.69, 9.17) is 9.15 Å². The number of fused-ring (bicyclic) bond motifs is 5. The zero-order valence-electron chi connectivity index (χ0n) is 25.7. The van der Waals surface area contributed by atoms with Gasteiger partial charge in [0.1, 0.15) is 12.6 Å². The summed E-state index contributed by atoms with van der Waals surface area (Å²) in [5, 5.41) is 11.0. The van der Waals surface area contributed by atoms with Crippen molar-refractivity contribution in [1.82, 2.24) is 0 Å². The highest BCUT2D eigenvalue weighted by molar-refractivity contribution is 8.14. The number of allylic oxidation sites excluding steroid dienone is 4. The summed E-state index contributed by atoms with van der Waals surface area (Å²) in [5.41, 5.74) is -7.51. The molecule has 0 aromatic carbocycles. The fourth-order valence-electron chi connectivity index (χ4n) is 8.45. The summed E-state index contributed by atoms with van der Waals surface area (Å²) in [5.74, 6) is -1.18. The van der Waals surface area contributed by atoms with Crippen LogP contribution in [0.4, 0.5) is 22.0 Å². The third-order valence-electron chi connectivity index (χ3n) is 10.5. The number of ether oxygens (including phenoxy) is 2. The number of esters is 2. The Labute approximate surface area is 271 Å². The highest BCUT2D eigenvalue weighted by Gasteiger charge is 2.78. The molecular weight excluding hydrogens is 651 g/mol. The first-order valence-corrected chi connectivity index (χ1v) is 16.0. The van der Waals surface area contributed by atoms with Crippen LogP contribution in [0.3, 0.4) is 0 Å². The van der Waals surface area contributed by atoms with Crippen molar-refractivity contribution < 1.29 is 60.1 Å². The van der Waals surface area contributed by atoms with Crippen LogP contribution in [-0.2, 0) is 23.9 Å². The van der Waals surface area contributed by atoms with Crippen LogP contribution < -0.4 is 0 Å².